The molecule has 0 unspecified atom stereocenters. The zero-order valence-electron chi connectivity index (χ0n) is 11.6. The van der Waals surface area contributed by atoms with Crippen LogP contribution in [0.15, 0.2) is 48.5 Å². The van der Waals surface area contributed by atoms with Crippen LogP contribution in [0.2, 0.25) is 0 Å². The minimum atomic E-state index is -0.353. The van der Waals surface area contributed by atoms with E-state index in [0.29, 0.717) is 13.0 Å². The number of para-hydroxylation sites is 1. The van der Waals surface area contributed by atoms with Crippen molar-refractivity contribution in [3.05, 3.63) is 75.6 Å². The number of rotatable bonds is 7. The van der Waals surface area contributed by atoms with Crippen molar-refractivity contribution in [2.24, 2.45) is 0 Å². The molecule has 0 fully saturated rings. The Kier molecular flexibility index (Phi) is 5.40. The van der Waals surface area contributed by atoms with E-state index >= 15 is 0 Å². The van der Waals surface area contributed by atoms with E-state index in [4.69, 9.17) is 0 Å². The van der Waals surface area contributed by atoms with Crippen LogP contribution in [-0.4, -0.2) is 18.0 Å². The summed E-state index contributed by atoms with van der Waals surface area (Å²) in [6, 6.07) is 13.2. The number of benzene rings is 2. The van der Waals surface area contributed by atoms with Crippen molar-refractivity contribution in [3.63, 3.8) is 0 Å². The highest BCUT2D eigenvalue weighted by Crippen LogP contribution is 2.17. The van der Waals surface area contributed by atoms with Crippen LogP contribution < -0.4 is 5.32 Å². The van der Waals surface area contributed by atoms with Gasteiger partial charge in [0.25, 0.3) is 5.69 Å². The van der Waals surface area contributed by atoms with Gasteiger partial charge >= 0.3 is 0 Å². The summed E-state index contributed by atoms with van der Waals surface area (Å²) in [5, 5.41) is 14.1. The van der Waals surface area contributed by atoms with E-state index in [1.807, 2.05) is 0 Å². The number of halogens is 1. The van der Waals surface area contributed by atoms with Gasteiger partial charge in [-0.25, -0.2) is 4.39 Å². The first-order valence-electron chi connectivity index (χ1n) is 6.84. The van der Waals surface area contributed by atoms with Gasteiger partial charge < -0.3 is 5.32 Å². The third kappa shape index (κ3) is 4.65. The molecule has 0 aliphatic carbocycles. The Morgan fingerprint density at radius 3 is 2.38 bits per heavy atom. The van der Waals surface area contributed by atoms with Gasteiger partial charge in [-0.15, -0.1) is 0 Å². The molecule has 0 atom stereocenters. The molecule has 2 aromatic rings. The normalized spacial score (nSPS) is 10.5. The summed E-state index contributed by atoms with van der Waals surface area (Å²) in [4.78, 5) is 10.5. The molecule has 2 aromatic carbocycles. The van der Waals surface area contributed by atoms with Crippen LogP contribution in [0.25, 0.3) is 0 Å². The zero-order valence-corrected chi connectivity index (χ0v) is 11.6. The van der Waals surface area contributed by atoms with Crippen molar-refractivity contribution in [2.75, 3.05) is 13.1 Å². The van der Waals surface area contributed by atoms with Crippen molar-refractivity contribution in [1.29, 1.82) is 0 Å². The Morgan fingerprint density at radius 2 is 1.67 bits per heavy atom. The standard InChI is InChI=1S/C16H17FN2O2/c17-15-7-5-13(6-8-15)9-11-18-12-10-14-3-1-2-4-16(14)19(20)21/h1-8,18H,9-12H2. The highest BCUT2D eigenvalue weighted by Gasteiger charge is 2.11. The van der Waals surface area contributed by atoms with Gasteiger partial charge in [-0.1, -0.05) is 30.3 Å². The van der Waals surface area contributed by atoms with Gasteiger partial charge in [-0.05, 0) is 43.6 Å². The molecule has 5 heteroatoms. The van der Waals surface area contributed by atoms with Crippen LogP contribution in [-0.2, 0) is 12.8 Å². The number of nitrogens with one attached hydrogen (secondary N) is 1. The second-order valence-corrected chi connectivity index (χ2v) is 4.76. The topological polar surface area (TPSA) is 55.2 Å². The van der Waals surface area contributed by atoms with Gasteiger partial charge in [0, 0.05) is 11.6 Å². The minimum absolute atomic E-state index is 0.165. The summed E-state index contributed by atoms with van der Waals surface area (Å²) in [6.07, 6.45) is 1.41. The van der Waals surface area contributed by atoms with Crippen molar-refractivity contribution >= 4 is 5.69 Å². The number of hydrogen-bond donors (Lipinski definition) is 1. The van der Waals surface area contributed by atoms with Crippen LogP contribution in [0, 0.1) is 15.9 Å². The Bertz CT molecular complexity index is 599. The molecule has 110 valence electrons. The summed E-state index contributed by atoms with van der Waals surface area (Å²) in [5.41, 5.74) is 1.96. The van der Waals surface area contributed by atoms with Gasteiger partial charge in [0.2, 0.25) is 0 Å². The minimum Gasteiger partial charge on any atom is -0.316 e. The smallest absolute Gasteiger partial charge is 0.272 e. The molecule has 0 amide bonds. The van der Waals surface area contributed by atoms with E-state index in [1.165, 1.54) is 18.2 Å². The molecule has 0 radical (unpaired) electrons. The molecule has 0 saturated carbocycles. The number of nitrogens with zero attached hydrogens (tertiary/aromatic N) is 1. The average Bonchev–Trinajstić information content (AvgIpc) is 2.49. The zero-order chi connectivity index (χ0) is 15.1. The van der Waals surface area contributed by atoms with E-state index in [9.17, 15) is 14.5 Å². The number of hydrogen-bond acceptors (Lipinski definition) is 3. The summed E-state index contributed by atoms with van der Waals surface area (Å²) in [7, 11) is 0. The summed E-state index contributed by atoms with van der Waals surface area (Å²) >= 11 is 0. The molecule has 0 heterocycles. The second-order valence-electron chi connectivity index (χ2n) is 4.76. The van der Waals surface area contributed by atoms with E-state index < -0.39 is 0 Å². The molecule has 0 spiro atoms. The molecule has 1 N–H and O–H groups in total. The maximum Gasteiger partial charge on any atom is 0.272 e. The van der Waals surface area contributed by atoms with Gasteiger partial charge in [-0.3, -0.25) is 10.1 Å². The van der Waals surface area contributed by atoms with Crippen molar-refractivity contribution < 1.29 is 9.31 Å². The van der Waals surface area contributed by atoms with E-state index in [0.717, 1.165) is 24.1 Å². The fourth-order valence-electron chi connectivity index (χ4n) is 2.13. The van der Waals surface area contributed by atoms with Crippen molar-refractivity contribution in [1.82, 2.24) is 5.32 Å². The predicted molar refractivity (Wildman–Crippen MR) is 79.8 cm³/mol. The third-order valence-corrected chi connectivity index (χ3v) is 3.26. The Hall–Kier alpha value is -2.27. The Morgan fingerprint density at radius 1 is 1.00 bits per heavy atom. The second kappa shape index (κ2) is 7.50. The maximum atomic E-state index is 12.7. The highest BCUT2D eigenvalue weighted by atomic mass is 19.1. The van der Waals surface area contributed by atoms with Gasteiger partial charge in [0.05, 0.1) is 4.92 Å². The largest absolute Gasteiger partial charge is 0.316 e. The Balaban J connectivity index is 1.75. The molecule has 0 aromatic heterocycles. The van der Waals surface area contributed by atoms with E-state index in [1.54, 1.807) is 30.3 Å². The quantitative estimate of drug-likeness (QED) is 0.484. The molecular weight excluding hydrogens is 271 g/mol. The Labute approximate surface area is 122 Å². The lowest BCUT2D eigenvalue weighted by Gasteiger charge is -2.06. The van der Waals surface area contributed by atoms with Gasteiger partial charge in [0.15, 0.2) is 0 Å². The van der Waals surface area contributed by atoms with E-state index in [-0.39, 0.29) is 16.4 Å². The number of nitro groups is 1. The van der Waals surface area contributed by atoms with Crippen LogP contribution in [0.3, 0.4) is 0 Å². The monoisotopic (exact) mass is 288 g/mol. The molecule has 0 aliphatic rings. The maximum absolute atomic E-state index is 12.7. The highest BCUT2D eigenvalue weighted by molar-refractivity contribution is 5.39. The first kappa shape index (κ1) is 15.1. The third-order valence-electron chi connectivity index (χ3n) is 3.26. The fraction of sp³-hybridized carbons (Fsp3) is 0.250. The fourth-order valence-corrected chi connectivity index (χ4v) is 2.13. The molecule has 0 bridgehead atoms. The molecule has 21 heavy (non-hydrogen) atoms. The molecule has 0 aliphatic heterocycles. The van der Waals surface area contributed by atoms with Crippen molar-refractivity contribution in [2.45, 2.75) is 12.8 Å². The molecule has 4 nitrogen and oxygen atoms in total. The van der Waals surface area contributed by atoms with E-state index in [2.05, 4.69) is 5.32 Å². The van der Waals surface area contributed by atoms with Crippen molar-refractivity contribution in [3.8, 4) is 0 Å². The van der Waals surface area contributed by atoms with Crippen LogP contribution in [0.4, 0.5) is 10.1 Å². The lowest BCUT2D eigenvalue weighted by atomic mass is 10.1. The molecular formula is C16H17FN2O2. The van der Waals surface area contributed by atoms with Crippen LogP contribution >= 0.6 is 0 Å². The average molecular weight is 288 g/mol. The van der Waals surface area contributed by atoms with Crippen LogP contribution in [0.1, 0.15) is 11.1 Å². The van der Waals surface area contributed by atoms with Crippen LogP contribution in [0.5, 0.6) is 0 Å². The molecule has 0 saturated heterocycles. The SMILES string of the molecule is O=[N+]([O-])c1ccccc1CCNCCc1ccc(F)cc1. The first-order valence-corrected chi connectivity index (χ1v) is 6.84. The summed E-state index contributed by atoms with van der Waals surface area (Å²) < 4.78 is 12.7. The lowest BCUT2D eigenvalue weighted by molar-refractivity contribution is -0.385. The van der Waals surface area contributed by atoms with Gasteiger partial charge in [0.1, 0.15) is 5.82 Å². The van der Waals surface area contributed by atoms with Gasteiger partial charge in [-0.2, -0.15) is 0 Å². The summed E-state index contributed by atoms with van der Waals surface area (Å²) in [6.45, 7) is 1.43. The first-order chi connectivity index (χ1) is 10.2. The number of nitro benzene ring substituents is 1. The predicted octanol–water partition coefficient (Wildman–Crippen LogP) is 3.11. The molecule has 2 rings (SSSR count). The summed E-state index contributed by atoms with van der Waals surface area (Å²) in [5.74, 6) is -0.233. The lowest BCUT2D eigenvalue weighted by Crippen LogP contribution is -2.20.